The van der Waals surface area contributed by atoms with Crippen LogP contribution in [0.1, 0.15) is 55.7 Å². The molecule has 3 heterocycles. The Morgan fingerprint density at radius 1 is 1.14 bits per heavy atom. The van der Waals surface area contributed by atoms with E-state index in [-0.39, 0.29) is 29.8 Å². The van der Waals surface area contributed by atoms with Crippen LogP contribution in [0.25, 0.3) is 22.4 Å². The van der Waals surface area contributed by atoms with Gasteiger partial charge in [0.1, 0.15) is 17.3 Å². The number of aromatic hydroxyl groups is 1. The van der Waals surface area contributed by atoms with Gasteiger partial charge in [-0.15, -0.1) is 10.2 Å². The number of methoxy groups -OCH3 is 1. The van der Waals surface area contributed by atoms with Crippen molar-refractivity contribution >= 4 is 11.0 Å². The van der Waals surface area contributed by atoms with Crippen molar-refractivity contribution in [2.45, 2.75) is 45.6 Å². The molecule has 0 saturated carbocycles. The summed E-state index contributed by atoms with van der Waals surface area (Å²) in [5, 5.41) is 23.9. The first-order valence-electron chi connectivity index (χ1n) is 12.1. The SMILES string of the molecule is CCCCc1nc(O)c(-c2nnc(Cc3noc4ccccc34)o2)c(=O)n1C(C)c1cccc(OC)c1. The lowest BCUT2D eigenvalue weighted by Gasteiger charge is -2.21. The maximum atomic E-state index is 13.8. The number of hydrogen-bond acceptors (Lipinski definition) is 9. The van der Waals surface area contributed by atoms with Crippen molar-refractivity contribution in [1.29, 1.82) is 0 Å². The lowest BCUT2D eigenvalue weighted by molar-refractivity contribution is 0.412. The molecule has 0 aliphatic heterocycles. The van der Waals surface area contributed by atoms with Crippen LogP contribution in [0.15, 0.2) is 62.3 Å². The number of benzene rings is 2. The molecule has 5 aromatic rings. The van der Waals surface area contributed by atoms with Gasteiger partial charge in [0.2, 0.25) is 11.8 Å². The molecule has 10 heteroatoms. The standard InChI is InChI=1S/C27H27N5O5/c1-4-5-13-22-28-25(33)24(27(34)32(22)16(2)17-9-8-10-18(14-17)35-3)26-30-29-23(36-26)15-20-19-11-6-7-12-21(19)37-31-20/h6-12,14,16,33H,4-5,13,15H2,1-3H3. The predicted octanol–water partition coefficient (Wildman–Crippen LogP) is 4.69. The van der Waals surface area contributed by atoms with E-state index in [1.165, 1.54) is 0 Å². The summed E-state index contributed by atoms with van der Waals surface area (Å²) in [5.74, 6) is 0.854. The summed E-state index contributed by atoms with van der Waals surface area (Å²) in [5.41, 5.74) is 1.54. The second-order valence-corrected chi connectivity index (χ2v) is 8.76. The number of aromatic nitrogens is 5. The molecule has 10 nitrogen and oxygen atoms in total. The highest BCUT2D eigenvalue weighted by Gasteiger charge is 2.26. The van der Waals surface area contributed by atoms with Gasteiger partial charge in [-0.2, -0.15) is 4.98 Å². The molecular formula is C27H27N5O5. The smallest absolute Gasteiger partial charge is 0.270 e. The maximum absolute atomic E-state index is 13.8. The third kappa shape index (κ3) is 4.69. The lowest BCUT2D eigenvalue weighted by Crippen LogP contribution is -2.30. The van der Waals surface area contributed by atoms with Crippen LogP contribution in [0.5, 0.6) is 11.6 Å². The molecule has 3 aromatic heterocycles. The first-order chi connectivity index (χ1) is 18.0. The topological polar surface area (TPSA) is 129 Å². The summed E-state index contributed by atoms with van der Waals surface area (Å²) in [4.78, 5) is 18.2. The van der Waals surface area contributed by atoms with Gasteiger partial charge in [-0.05, 0) is 43.2 Å². The number of hydrogen-bond donors (Lipinski definition) is 1. The largest absolute Gasteiger partial charge is 0.497 e. The number of nitrogens with zero attached hydrogens (tertiary/aromatic N) is 5. The number of aryl methyl sites for hydroxylation is 1. The van der Waals surface area contributed by atoms with Gasteiger partial charge in [-0.25, -0.2) is 0 Å². The van der Waals surface area contributed by atoms with Gasteiger partial charge in [-0.3, -0.25) is 9.36 Å². The molecule has 1 N–H and O–H groups in total. The van der Waals surface area contributed by atoms with Gasteiger partial charge in [0.25, 0.3) is 11.4 Å². The highest BCUT2D eigenvalue weighted by atomic mass is 16.5. The molecule has 0 fully saturated rings. The molecule has 37 heavy (non-hydrogen) atoms. The molecule has 0 radical (unpaired) electrons. The van der Waals surface area contributed by atoms with E-state index in [9.17, 15) is 9.90 Å². The maximum Gasteiger partial charge on any atom is 0.270 e. The Kier molecular flexibility index (Phi) is 6.72. The van der Waals surface area contributed by atoms with Gasteiger partial charge in [0.15, 0.2) is 11.1 Å². The molecule has 5 rings (SSSR count). The molecule has 0 aliphatic carbocycles. The molecule has 0 aliphatic rings. The lowest BCUT2D eigenvalue weighted by atomic mass is 10.1. The van der Waals surface area contributed by atoms with E-state index in [1.807, 2.05) is 55.5 Å². The fourth-order valence-corrected chi connectivity index (χ4v) is 4.35. The quantitative estimate of drug-likeness (QED) is 0.306. The van der Waals surface area contributed by atoms with Crippen molar-refractivity contribution in [2.75, 3.05) is 7.11 Å². The van der Waals surface area contributed by atoms with Crippen molar-refractivity contribution in [3.63, 3.8) is 0 Å². The number of ether oxygens (including phenoxy) is 1. The minimum Gasteiger partial charge on any atom is -0.497 e. The third-order valence-electron chi connectivity index (χ3n) is 6.34. The van der Waals surface area contributed by atoms with Gasteiger partial charge in [0, 0.05) is 11.8 Å². The number of para-hydroxylation sites is 1. The van der Waals surface area contributed by atoms with Gasteiger partial charge < -0.3 is 18.8 Å². The molecule has 2 aromatic carbocycles. The zero-order valence-electron chi connectivity index (χ0n) is 20.8. The molecule has 190 valence electrons. The average molecular weight is 502 g/mol. The van der Waals surface area contributed by atoms with Crippen molar-refractivity contribution in [3.8, 4) is 23.1 Å². The minimum absolute atomic E-state index is 0.105. The summed E-state index contributed by atoms with van der Waals surface area (Å²) in [6, 6.07) is 14.6. The molecule has 0 spiro atoms. The van der Waals surface area contributed by atoms with Crippen LogP contribution >= 0.6 is 0 Å². The van der Waals surface area contributed by atoms with Crippen LogP contribution in [-0.2, 0) is 12.8 Å². The van der Waals surface area contributed by atoms with Crippen LogP contribution in [0, 0.1) is 0 Å². The highest BCUT2D eigenvalue weighted by molar-refractivity contribution is 5.79. The second kappa shape index (κ2) is 10.3. The normalized spacial score (nSPS) is 12.2. The van der Waals surface area contributed by atoms with E-state index >= 15 is 0 Å². The molecule has 0 amide bonds. The van der Waals surface area contributed by atoms with E-state index < -0.39 is 11.4 Å². The number of rotatable bonds is 9. The zero-order valence-corrected chi connectivity index (χ0v) is 20.8. The summed E-state index contributed by atoms with van der Waals surface area (Å²) in [7, 11) is 1.60. The fraction of sp³-hybridized carbons (Fsp3) is 0.296. The Bertz CT molecular complexity index is 1600. The monoisotopic (exact) mass is 501 g/mol. The summed E-state index contributed by atoms with van der Waals surface area (Å²) in [6.07, 6.45) is 2.46. The van der Waals surface area contributed by atoms with E-state index in [4.69, 9.17) is 13.7 Å². The van der Waals surface area contributed by atoms with Crippen molar-refractivity contribution < 1.29 is 18.8 Å². The van der Waals surface area contributed by atoms with E-state index in [1.54, 1.807) is 11.7 Å². The molecule has 1 unspecified atom stereocenters. The highest BCUT2D eigenvalue weighted by Crippen LogP contribution is 2.28. The summed E-state index contributed by atoms with van der Waals surface area (Å²) >= 11 is 0. The van der Waals surface area contributed by atoms with Crippen LogP contribution in [0.2, 0.25) is 0 Å². The van der Waals surface area contributed by atoms with Crippen LogP contribution in [0.3, 0.4) is 0 Å². The van der Waals surface area contributed by atoms with E-state index in [0.29, 0.717) is 29.3 Å². The first-order valence-corrected chi connectivity index (χ1v) is 12.1. The summed E-state index contributed by atoms with van der Waals surface area (Å²) in [6.45, 7) is 3.96. The molecule has 0 bridgehead atoms. The Morgan fingerprint density at radius 3 is 2.78 bits per heavy atom. The van der Waals surface area contributed by atoms with Crippen molar-refractivity contribution in [3.05, 3.63) is 81.9 Å². The molecule has 0 saturated heterocycles. The second-order valence-electron chi connectivity index (χ2n) is 8.76. The zero-order chi connectivity index (χ0) is 25.9. The third-order valence-corrected chi connectivity index (χ3v) is 6.34. The van der Waals surface area contributed by atoms with Crippen molar-refractivity contribution in [2.24, 2.45) is 0 Å². The minimum atomic E-state index is -0.462. The average Bonchev–Trinajstić information content (AvgIpc) is 3.54. The van der Waals surface area contributed by atoms with E-state index in [0.717, 1.165) is 23.8 Å². The van der Waals surface area contributed by atoms with Crippen LogP contribution in [0.4, 0.5) is 0 Å². The molecular weight excluding hydrogens is 474 g/mol. The number of fused-ring (bicyclic) bond motifs is 1. The van der Waals surface area contributed by atoms with Gasteiger partial charge in [0.05, 0.1) is 19.6 Å². The molecule has 1 atom stereocenters. The van der Waals surface area contributed by atoms with E-state index in [2.05, 4.69) is 27.3 Å². The Morgan fingerprint density at radius 2 is 1.97 bits per heavy atom. The Balaban J connectivity index is 1.55. The number of unbranched alkanes of at least 4 members (excludes halogenated alkanes) is 1. The fourth-order valence-electron chi connectivity index (χ4n) is 4.35. The van der Waals surface area contributed by atoms with Gasteiger partial charge >= 0.3 is 0 Å². The Hall–Kier alpha value is -4.47. The van der Waals surface area contributed by atoms with Crippen molar-refractivity contribution in [1.82, 2.24) is 24.9 Å². The summed E-state index contributed by atoms with van der Waals surface area (Å²) < 4.78 is 18.1. The Labute approximate surface area is 212 Å². The first kappa shape index (κ1) is 24.2. The van der Waals surface area contributed by atoms with Gasteiger partial charge in [-0.1, -0.05) is 42.8 Å². The van der Waals surface area contributed by atoms with Crippen LogP contribution < -0.4 is 10.3 Å². The predicted molar refractivity (Wildman–Crippen MR) is 136 cm³/mol. The van der Waals surface area contributed by atoms with Crippen LogP contribution in [-0.4, -0.2) is 37.1 Å².